The summed E-state index contributed by atoms with van der Waals surface area (Å²) in [6, 6.07) is 10.1. The zero-order valence-corrected chi connectivity index (χ0v) is 10.8. The maximum atomic E-state index is 4.44. The van der Waals surface area contributed by atoms with E-state index >= 15 is 0 Å². The third-order valence-corrected chi connectivity index (χ3v) is 2.76. The van der Waals surface area contributed by atoms with Crippen LogP contribution in [0.4, 0.5) is 5.69 Å². The Morgan fingerprint density at radius 2 is 2.06 bits per heavy atom. The van der Waals surface area contributed by atoms with Gasteiger partial charge in [-0.05, 0) is 17.7 Å². The first-order chi connectivity index (χ1) is 8.75. The lowest BCUT2D eigenvalue weighted by Gasteiger charge is -2.11. The minimum Gasteiger partial charge on any atom is -0.269 e. The highest BCUT2D eigenvalue weighted by molar-refractivity contribution is 5.83. The van der Waals surface area contributed by atoms with E-state index in [1.807, 2.05) is 61.9 Å². The van der Waals surface area contributed by atoms with Crippen molar-refractivity contribution in [3.8, 4) is 0 Å². The van der Waals surface area contributed by atoms with E-state index in [0.717, 1.165) is 17.7 Å². The molecule has 0 unspecified atom stereocenters. The van der Waals surface area contributed by atoms with Crippen LogP contribution in [0.3, 0.4) is 0 Å². The van der Waals surface area contributed by atoms with Gasteiger partial charge in [-0.2, -0.15) is 5.10 Å². The summed E-state index contributed by atoms with van der Waals surface area (Å²) in [6.45, 7) is 0. The molecule has 0 radical (unpaired) electrons. The van der Waals surface area contributed by atoms with Gasteiger partial charge in [-0.1, -0.05) is 24.3 Å². The summed E-state index contributed by atoms with van der Waals surface area (Å²) in [5.74, 6) is 0. The molecule has 0 fully saturated rings. The second-order valence-corrected chi connectivity index (χ2v) is 4.21. The van der Waals surface area contributed by atoms with Crippen LogP contribution < -0.4 is 5.01 Å². The number of allylic oxidation sites excluding steroid dienone is 3. The van der Waals surface area contributed by atoms with Crippen molar-refractivity contribution in [2.45, 2.75) is 6.42 Å². The Morgan fingerprint density at radius 3 is 2.83 bits per heavy atom. The molecular weight excluding hydrogens is 222 g/mol. The molecule has 1 aromatic carbocycles. The van der Waals surface area contributed by atoms with Gasteiger partial charge in [0.2, 0.25) is 0 Å². The molecule has 0 aliphatic carbocycles. The Morgan fingerprint density at radius 1 is 1.28 bits per heavy atom. The average molecular weight is 240 g/mol. The molecule has 1 aliphatic heterocycles. The summed E-state index contributed by atoms with van der Waals surface area (Å²) in [5.41, 5.74) is 2.20. The van der Waals surface area contributed by atoms with E-state index < -0.39 is 0 Å². The van der Waals surface area contributed by atoms with Crippen LogP contribution in [0.5, 0.6) is 0 Å². The monoisotopic (exact) mass is 240 g/mol. The fourth-order valence-corrected chi connectivity index (χ4v) is 1.65. The number of hydrazone groups is 1. The third kappa shape index (κ3) is 3.42. The molecule has 0 amide bonds. The molecular formula is C15H18N3+. The highest BCUT2D eigenvalue weighted by Gasteiger charge is 1.99. The molecule has 0 saturated carbocycles. The number of hydrogen-bond donors (Lipinski definition) is 0. The molecule has 0 bridgehead atoms. The number of benzene rings is 1. The fraction of sp³-hybridized carbons (Fsp3) is 0.200. The quantitative estimate of drug-likeness (QED) is 0.451. The van der Waals surface area contributed by atoms with Gasteiger partial charge in [0.25, 0.3) is 0 Å². The number of anilines is 1. The van der Waals surface area contributed by atoms with Crippen molar-refractivity contribution in [3.05, 3.63) is 54.3 Å². The highest BCUT2D eigenvalue weighted by Crippen LogP contribution is 2.11. The molecule has 0 spiro atoms. The van der Waals surface area contributed by atoms with Gasteiger partial charge in [0.1, 0.15) is 13.3 Å². The van der Waals surface area contributed by atoms with Crippen LogP contribution in [-0.4, -0.2) is 31.1 Å². The molecule has 1 aliphatic rings. The van der Waals surface area contributed by atoms with Crippen LogP contribution in [0.15, 0.2) is 59.4 Å². The predicted molar refractivity (Wildman–Crippen MR) is 77.4 cm³/mol. The largest absolute Gasteiger partial charge is 0.269 e. The topological polar surface area (TPSA) is 18.6 Å². The Labute approximate surface area is 108 Å². The zero-order chi connectivity index (χ0) is 12.8. The van der Waals surface area contributed by atoms with Gasteiger partial charge in [0, 0.05) is 19.5 Å². The van der Waals surface area contributed by atoms with Crippen LogP contribution in [0.2, 0.25) is 0 Å². The SMILES string of the molecule is CN(/N=C/C1=CCC=[N+](C)C=C1)c1ccccc1. The van der Waals surface area contributed by atoms with E-state index in [4.69, 9.17) is 0 Å². The molecule has 92 valence electrons. The molecule has 3 nitrogen and oxygen atoms in total. The lowest BCUT2D eigenvalue weighted by Crippen LogP contribution is -2.08. The van der Waals surface area contributed by atoms with Gasteiger partial charge in [-0.15, -0.1) is 0 Å². The van der Waals surface area contributed by atoms with Crippen LogP contribution in [-0.2, 0) is 0 Å². The van der Waals surface area contributed by atoms with Gasteiger partial charge >= 0.3 is 0 Å². The maximum Gasteiger partial charge on any atom is 0.168 e. The van der Waals surface area contributed by atoms with Gasteiger partial charge in [0.15, 0.2) is 6.20 Å². The minimum atomic E-state index is 0.930. The van der Waals surface area contributed by atoms with Crippen LogP contribution in [0, 0.1) is 0 Å². The van der Waals surface area contributed by atoms with E-state index in [1.165, 1.54) is 0 Å². The van der Waals surface area contributed by atoms with Crippen molar-refractivity contribution in [2.24, 2.45) is 5.10 Å². The Kier molecular flexibility index (Phi) is 4.07. The Hall–Kier alpha value is -2.16. The van der Waals surface area contributed by atoms with Crippen molar-refractivity contribution < 1.29 is 4.58 Å². The van der Waals surface area contributed by atoms with Crippen molar-refractivity contribution in [2.75, 3.05) is 19.1 Å². The van der Waals surface area contributed by atoms with Gasteiger partial charge in [-0.25, -0.2) is 4.58 Å². The van der Waals surface area contributed by atoms with E-state index in [-0.39, 0.29) is 0 Å². The second-order valence-electron chi connectivity index (χ2n) is 4.21. The molecule has 18 heavy (non-hydrogen) atoms. The molecule has 1 heterocycles. The van der Waals surface area contributed by atoms with E-state index in [9.17, 15) is 0 Å². The summed E-state index contributed by atoms with van der Waals surface area (Å²) in [4.78, 5) is 0. The molecule has 0 atom stereocenters. The average Bonchev–Trinajstić information content (AvgIpc) is 2.62. The zero-order valence-electron chi connectivity index (χ0n) is 10.8. The van der Waals surface area contributed by atoms with Crippen molar-refractivity contribution in [3.63, 3.8) is 0 Å². The summed E-state index contributed by atoms with van der Waals surface area (Å²) in [6.07, 6.45) is 11.2. The first kappa shape index (κ1) is 12.3. The molecule has 3 heteroatoms. The summed E-state index contributed by atoms with van der Waals surface area (Å²) >= 11 is 0. The maximum absolute atomic E-state index is 4.44. The predicted octanol–water partition coefficient (Wildman–Crippen LogP) is 2.67. The smallest absolute Gasteiger partial charge is 0.168 e. The first-order valence-electron chi connectivity index (χ1n) is 6.02. The first-order valence-corrected chi connectivity index (χ1v) is 6.02. The lowest BCUT2D eigenvalue weighted by atomic mass is 10.2. The lowest BCUT2D eigenvalue weighted by molar-refractivity contribution is -0.417. The Balaban J connectivity index is 2.04. The van der Waals surface area contributed by atoms with Gasteiger partial charge in [-0.3, -0.25) is 5.01 Å². The van der Waals surface area contributed by atoms with E-state index in [1.54, 1.807) is 0 Å². The van der Waals surface area contributed by atoms with Crippen molar-refractivity contribution in [1.29, 1.82) is 0 Å². The van der Waals surface area contributed by atoms with Crippen LogP contribution >= 0.6 is 0 Å². The normalized spacial score (nSPS) is 15.2. The number of rotatable bonds is 3. The standard InChI is InChI=1S/C15H18N3/c1-17-11-6-7-14(10-12-17)13-16-18(2)15-8-4-3-5-9-15/h3-5,7-13H,6H2,1-2H3/q+1/b16-13+. The second kappa shape index (κ2) is 5.96. The number of para-hydroxylation sites is 1. The minimum absolute atomic E-state index is 0.930. The van der Waals surface area contributed by atoms with Crippen LogP contribution in [0.1, 0.15) is 6.42 Å². The number of hydrogen-bond acceptors (Lipinski definition) is 2. The van der Waals surface area contributed by atoms with Gasteiger partial charge < -0.3 is 0 Å². The van der Waals surface area contributed by atoms with E-state index in [0.29, 0.717) is 0 Å². The van der Waals surface area contributed by atoms with E-state index in [2.05, 4.69) is 28.0 Å². The highest BCUT2D eigenvalue weighted by atomic mass is 15.4. The summed E-state index contributed by atoms with van der Waals surface area (Å²) < 4.78 is 2.05. The molecule has 0 saturated heterocycles. The molecule has 0 N–H and O–H groups in total. The van der Waals surface area contributed by atoms with Crippen molar-refractivity contribution in [1.82, 2.24) is 0 Å². The molecule has 0 aromatic heterocycles. The summed E-state index contributed by atoms with van der Waals surface area (Å²) in [5, 5.41) is 6.31. The van der Waals surface area contributed by atoms with Crippen molar-refractivity contribution >= 4 is 18.1 Å². The summed E-state index contributed by atoms with van der Waals surface area (Å²) in [7, 11) is 3.98. The molecule has 1 aromatic rings. The number of nitrogens with zero attached hydrogens (tertiary/aromatic N) is 3. The van der Waals surface area contributed by atoms with Crippen LogP contribution in [0.25, 0.3) is 0 Å². The molecule has 2 rings (SSSR count). The fourth-order valence-electron chi connectivity index (χ4n) is 1.65. The third-order valence-electron chi connectivity index (χ3n) is 2.76. The van der Waals surface area contributed by atoms with Gasteiger partial charge in [0.05, 0.1) is 11.9 Å². The Bertz CT molecular complexity index is 510.